The molecule has 1 aromatic rings. The van der Waals surface area contributed by atoms with E-state index in [4.69, 9.17) is 4.52 Å². The number of hydrogen-bond donors (Lipinski definition) is 1. The highest BCUT2D eigenvalue weighted by Crippen LogP contribution is 2.58. The summed E-state index contributed by atoms with van der Waals surface area (Å²) in [5, 5.41) is 6.22. The Hall–Kier alpha value is -1.85. The molecule has 2 aliphatic rings. The van der Waals surface area contributed by atoms with Gasteiger partial charge >= 0.3 is 0 Å². The molecule has 1 N–H and O–H groups in total. The molecule has 1 spiro atoms. The standard InChI is InChI=1S/C12H15N3O3/c1-13-10(16)8-6-12(8)3-5-15(7-12)11(17)9-2-4-14-18-9/h2,4,8H,3,5-7H2,1H3,(H,13,16)/t8-,12-/m0/s1. The molecule has 3 rings (SSSR count). The first-order chi connectivity index (χ1) is 8.66. The Kier molecular flexibility index (Phi) is 2.39. The van der Waals surface area contributed by atoms with Gasteiger partial charge in [0.1, 0.15) is 0 Å². The zero-order valence-electron chi connectivity index (χ0n) is 10.2. The number of nitrogens with zero attached hydrogens (tertiary/aromatic N) is 2. The molecule has 0 bridgehead atoms. The number of carbonyl (C=O) groups excluding carboxylic acids is 2. The molecule has 0 radical (unpaired) electrons. The summed E-state index contributed by atoms with van der Waals surface area (Å²) in [6.07, 6.45) is 3.24. The lowest BCUT2D eigenvalue weighted by Crippen LogP contribution is -2.30. The molecule has 1 saturated carbocycles. The first kappa shape index (κ1) is 11.3. The smallest absolute Gasteiger partial charge is 0.292 e. The van der Waals surface area contributed by atoms with Crippen LogP contribution in [0.1, 0.15) is 23.4 Å². The third-order valence-electron chi connectivity index (χ3n) is 4.07. The van der Waals surface area contributed by atoms with Crippen LogP contribution < -0.4 is 5.32 Å². The Morgan fingerprint density at radius 3 is 3.11 bits per heavy atom. The van der Waals surface area contributed by atoms with Crippen LogP contribution in [-0.2, 0) is 4.79 Å². The van der Waals surface area contributed by atoms with E-state index in [2.05, 4.69) is 10.5 Å². The second-order valence-electron chi connectivity index (χ2n) is 5.09. The maximum absolute atomic E-state index is 12.1. The summed E-state index contributed by atoms with van der Waals surface area (Å²) in [4.78, 5) is 25.4. The number of likely N-dealkylation sites (tertiary alicyclic amines) is 1. The van der Waals surface area contributed by atoms with Crippen LogP contribution in [0.3, 0.4) is 0 Å². The van der Waals surface area contributed by atoms with Gasteiger partial charge in [0.25, 0.3) is 5.91 Å². The predicted molar refractivity (Wildman–Crippen MR) is 61.6 cm³/mol. The Morgan fingerprint density at radius 1 is 1.61 bits per heavy atom. The minimum Gasteiger partial charge on any atom is -0.359 e. The number of amides is 2. The lowest BCUT2D eigenvalue weighted by molar-refractivity contribution is -0.122. The van der Waals surface area contributed by atoms with Gasteiger partial charge < -0.3 is 14.7 Å². The fourth-order valence-electron chi connectivity index (χ4n) is 2.89. The molecule has 1 aliphatic carbocycles. The van der Waals surface area contributed by atoms with Gasteiger partial charge in [0.2, 0.25) is 11.7 Å². The van der Waals surface area contributed by atoms with Crippen molar-refractivity contribution < 1.29 is 14.1 Å². The molecule has 18 heavy (non-hydrogen) atoms. The summed E-state index contributed by atoms with van der Waals surface area (Å²) in [5.41, 5.74) is 0.00970. The molecule has 1 aromatic heterocycles. The van der Waals surface area contributed by atoms with E-state index in [1.807, 2.05) is 0 Å². The van der Waals surface area contributed by atoms with Gasteiger partial charge in [-0.15, -0.1) is 0 Å². The lowest BCUT2D eigenvalue weighted by atomic mass is 10.0. The number of aromatic nitrogens is 1. The van der Waals surface area contributed by atoms with Crippen LogP contribution in [0.25, 0.3) is 0 Å². The number of carbonyl (C=O) groups is 2. The van der Waals surface area contributed by atoms with Crippen molar-refractivity contribution in [1.29, 1.82) is 0 Å². The van der Waals surface area contributed by atoms with E-state index in [-0.39, 0.29) is 28.9 Å². The number of rotatable bonds is 2. The molecule has 1 aliphatic heterocycles. The average Bonchev–Trinajstić information content (AvgIpc) is 2.77. The van der Waals surface area contributed by atoms with Crippen molar-refractivity contribution in [2.24, 2.45) is 11.3 Å². The number of hydrogen-bond acceptors (Lipinski definition) is 4. The normalized spacial score (nSPS) is 29.6. The molecule has 2 atom stereocenters. The Morgan fingerprint density at radius 2 is 2.44 bits per heavy atom. The van der Waals surface area contributed by atoms with E-state index in [0.717, 1.165) is 12.8 Å². The van der Waals surface area contributed by atoms with E-state index in [0.29, 0.717) is 13.1 Å². The first-order valence-electron chi connectivity index (χ1n) is 6.08. The highest BCUT2D eigenvalue weighted by atomic mass is 16.5. The molecule has 2 amide bonds. The first-order valence-corrected chi connectivity index (χ1v) is 6.08. The maximum atomic E-state index is 12.1. The van der Waals surface area contributed by atoms with Crippen LogP contribution in [0.2, 0.25) is 0 Å². The fourth-order valence-corrected chi connectivity index (χ4v) is 2.89. The van der Waals surface area contributed by atoms with Crippen molar-refractivity contribution in [1.82, 2.24) is 15.4 Å². The van der Waals surface area contributed by atoms with Crippen molar-refractivity contribution in [3.63, 3.8) is 0 Å². The van der Waals surface area contributed by atoms with Gasteiger partial charge in [0.05, 0.1) is 6.20 Å². The van der Waals surface area contributed by atoms with Crippen LogP contribution >= 0.6 is 0 Å². The van der Waals surface area contributed by atoms with Gasteiger partial charge in [-0.1, -0.05) is 5.16 Å². The summed E-state index contributed by atoms with van der Waals surface area (Å²) in [6, 6.07) is 1.57. The Balaban J connectivity index is 1.67. The molecule has 96 valence electrons. The average molecular weight is 249 g/mol. The Labute approximate surface area is 104 Å². The highest BCUT2D eigenvalue weighted by Gasteiger charge is 2.61. The van der Waals surface area contributed by atoms with Gasteiger partial charge in [-0.2, -0.15) is 0 Å². The van der Waals surface area contributed by atoms with Crippen molar-refractivity contribution in [3.05, 3.63) is 18.0 Å². The summed E-state index contributed by atoms with van der Waals surface area (Å²) < 4.78 is 4.87. The van der Waals surface area contributed by atoms with Crippen molar-refractivity contribution in [3.8, 4) is 0 Å². The van der Waals surface area contributed by atoms with E-state index in [1.54, 1.807) is 18.0 Å². The molecule has 0 aromatic carbocycles. The SMILES string of the molecule is CNC(=O)[C@@H]1C[C@]12CCN(C(=O)c1ccno1)C2. The van der Waals surface area contributed by atoms with Crippen molar-refractivity contribution in [2.45, 2.75) is 12.8 Å². The van der Waals surface area contributed by atoms with E-state index in [9.17, 15) is 9.59 Å². The quantitative estimate of drug-likeness (QED) is 0.816. The van der Waals surface area contributed by atoms with Gasteiger partial charge in [-0.25, -0.2) is 0 Å². The molecule has 1 saturated heterocycles. The van der Waals surface area contributed by atoms with Crippen LogP contribution in [-0.4, -0.2) is 42.0 Å². The van der Waals surface area contributed by atoms with Crippen LogP contribution in [0.4, 0.5) is 0 Å². The van der Waals surface area contributed by atoms with Gasteiger partial charge in [0, 0.05) is 37.5 Å². The molecule has 2 heterocycles. The highest BCUT2D eigenvalue weighted by molar-refractivity contribution is 5.92. The minimum atomic E-state index is -0.132. The van der Waals surface area contributed by atoms with Gasteiger partial charge in [-0.3, -0.25) is 9.59 Å². The number of nitrogens with one attached hydrogen (secondary N) is 1. The van der Waals surface area contributed by atoms with Gasteiger partial charge in [-0.05, 0) is 12.8 Å². The predicted octanol–water partition coefficient (Wildman–Crippen LogP) is 0.273. The molecule has 6 heteroatoms. The van der Waals surface area contributed by atoms with Crippen molar-refractivity contribution in [2.75, 3.05) is 20.1 Å². The molecular weight excluding hydrogens is 234 g/mol. The second-order valence-corrected chi connectivity index (χ2v) is 5.09. The topological polar surface area (TPSA) is 75.4 Å². The van der Waals surface area contributed by atoms with Crippen LogP contribution in [0.15, 0.2) is 16.8 Å². The van der Waals surface area contributed by atoms with E-state index in [1.165, 1.54) is 6.20 Å². The molecule has 0 unspecified atom stereocenters. The second kappa shape index (κ2) is 3.83. The summed E-state index contributed by atoms with van der Waals surface area (Å²) >= 11 is 0. The monoisotopic (exact) mass is 249 g/mol. The zero-order chi connectivity index (χ0) is 12.8. The third kappa shape index (κ3) is 1.60. The third-order valence-corrected chi connectivity index (χ3v) is 4.07. The van der Waals surface area contributed by atoms with Crippen molar-refractivity contribution >= 4 is 11.8 Å². The van der Waals surface area contributed by atoms with E-state index >= 15 is 0 Å². The summed E-state index contributed by atoms with van der Waals surface area (Å²) in [7, 11) is 1.65. The Bertz CT molecular complexity index is 485. The molecule has 6 nitrogen and oxygen atoms in total. The summed E-state index contributed by atoms with van der Waals surface area (Å²) in [6.45, 7) is 1.33. The minimum absolute atomic E-state index is 0.00970. The van der Waals surface area contributed by atoms with Crippen LogP contribution in [0, 0.1) is 11.3 Å². The molecule has 2 fully saturated rings. The zero-order valence-corrected chi connectivity index (χ0v) is 10.2. The fraction of sp³-hybridized carbons (Fsp3) is 0.583. The summed E-state index contributed by atoms with van der Waals surface area (Å²) in [5.74, 6) is 0.287. The lowest BCUT2D eigenvalue weighted by Gasteiger charge is -2.14. The van der Waals surface area contributed by atoms with Crippen LogP contribution in [0.5, 0.6) is 0 Å². The molecular formula is C12H15N3O3. The largest absolute Gasteiger partial charge is 0.359 e. The van der Waals surface area contributed by atoms with E-state index < -0.39 is 0 Å². The van der Waals surface area contributed by atoms with Gasteiger partial charge in [0.15, 0.2) is 0 Å². The maximum Gasteiger partial charge on any atom is 0.292 e.